The molecule has 3 heterocycles. The molecule has 1 N–H and O–H groups in total. The molecule has 0 saturated carbocycles. The topological polar surface area (TPSA) is 87.7 Å². The fraction of sp³-hybridized carbons (Fsp3) is 0.500. The molecule has 0 unspecified atom stereocenters. The van der Waals surface area contributed by atoms with Gasteiger partial charge in [-0.15, -0.1) is 0 Å². The van der Waals surface area contributed by atoms with E-state index in [1.54, 1.807) is 14.0 Å². The summed E-state index contributed by atoms with van der Waals surface area (Å²) in [4.78, 5) is 38.3. The molecule has 1 fully saturated rings. The van der Waals surface area contributed by atoms with Crippen molar-refractivity contribution in [1.29, 1.82) is 0 Å². The molecule has 2 aliphatic heterocycles. The number of benzene rings is 1. The number of nitrogens with one attached hydrogen (secondary N) is 1. The van der Waals surface area contributed by atoms with Crippen molar-refractivity contribution in [1.82, 2.24) is 19.8 Å². The van der Waals surface area contributed by atoms with Crippen LogP contribution in [0, 0.1) is 0 Å². The highest BCUT2D eigenvalue weighted by Crippen LogP contribution is 2.30. The molecule has 1 saturated heterocycles. The highest BCUT2D eigenvalue weighted by atomic mass is 16.5. The Bertz CT molecular complexity index is 992. The second kappa shape index (κ2) is 9.54. The molecular formula is C24H31N5O3. The molecule has 8 heteroatoms. The van der Waals surface area contributed by atoms with Gasteiger partial charge < -0.3 is 19.9 Å². The molecule has 0 spiro atoms. The number of piperidine rings is 1. The van der Waals surface area contributed by atoms with Crippen LogP contribution in [0.5, 0.6) is 5.75 Å². The lowest BCUT2D eigenvalue weighted by Gasteiger charge is -2.33. The molecular weight excluding hydrogens is 406 g/mol. The molecule has 2 aliphatic rings. The van der Waals surface area contributed by atoms with E-state index >= 15 is 0 Å². The van der Waals surface area contributed by atoms with Crippen LogP contribution in [0.25, 0.3) is 0 Å². The highest BCUT2D eigenvalue weighted by Gasteiger charge is 2.29. The molecule has 2 amide bonds. The Hall–Kier alpha value is -3.16. The van der Waals surface area contributed by atoms with Crippen LogP contribution in [-0.2, 0) is 29.0 Å². The number of hydrogen-bond donors (Lipinski definition) is 1. The van der Waals surface area contributed by atoms with Crippen LogP contribution in [0.4, 0.5) is 5.82 Å². The molecule has 1 aromatic carbocycles. The van der Waals surface area contributed by atoms with Gasteiger partial charge in [0.05, 0.1) is 25.8 Å². The van der Waals surface area contributed by atoms with Gasteiger partial charge in [0.2, 0.25) is 11.8 Å². The Morgan fingerprint density at radius 2 is 2.06 bits per heavy atom. The van der Waals surface area contributed by atoms with Crippen LogP contribution in [-0.4, -0.2) is 65.4 Å². The molecule has 2 aromatic rings. The number of hydrogen-bond acceptors (Lipinski definition) is 6. The third-order valence-electron chi connectivity index (χ3n) is 6.39. The van der Waals surface area contributed by atoms with Gasteiger partial charge in [-0.3, -0.25) is 9.59 Å². The minimum atomic E-state index is 0.0688. The quantitative estimate of drug-likeness (QED) is 0.773. The van der Waals surface area contributed by atoms with E-state index in [1.807, 2.05) is 41.1 Å². The number of aromatic nitrogens is 2. The normalized spacial score (nSPS) is 18.2. The molecule has 1 aromatic heterocycles. The average Bonchev–Trinajstić information content (AvgIpc) is 2.83. The van der Waals surface area contributed by atoms with Crippen LogP contribution in [0.15, 0.2) is 24.3 Å². The van der Waals surface area contributed by atoms with E-state index in [4.69, 9.17) is 14.7 Å². The van der Waals surface area contributed by atoms with Gasteiger partial charge in [-0.1, -0.05) is 12.1 Å². The van der Waals surface area contributed by atoms with Gasteiger partial charge in [0, 0.05) is 51.5 Å². The van der Waals surface area contributed by atoms with Crippen molar-refractivity contribution in [2.75, 3.05) is 39.1 Å². The molecule has 0 bridgehead atoms. The zero-order valence-corrected chi connectivity index (χ0v) is 19.1. The molecule has 0 aliphatic carbocycles. The monoisotopic (exact) mass is 437 g/mol. The smallest absolute Gasteiger partial charge is 0.227 e. The summed E-state index contributed by atoms with van der Waals surface area (Å²) in [6.45, 7) is 4.20. The molecule has 170 valence electrons. The lowest BCUT2D eigenvalue weighted by molar-refractivity contribution is -0.131. The van der Waals surface area contributed by atoms with Crippen molar-refractivity contribution in [3.05, 3.63) is 46.9 Å². The Morgan fingerprint density at radius 1 is 1.22 bits per heavy atom. The van der Waals surface area contributed by atoms with Gasteiger partial charge in [-0.2, -0.15) is 0 Å². The number of anilines is 1. The predicted octanol–water partition coefficient (Wildman–Crippen LogP) is 2.38. The van der Waals surface area contributed by atoms with Crippen molar-refractivity contribution >= 4 is 17.6 Å². The lowest BCUT2D eigenvalue weighted by Crippen LogP contribution is -2.41. The minimum Gasteiger partial charge on any atom is -0.497 e. The van der Waals surface area contributed by atoms with Crippen molar-refractivity contribution in [2.45, 2.75) is 45.1 Å². The maximum absolute atomic E-state index is 13.0. The summed E-state index contributed by atoms with van der Waals surface area (Å²) in [5, 5.41) is 3.19. The number of fused-ring (bicyclic) bond motifs is 1. The maximum atomic E-state index is 13.0. The van der Waals surface area contributed by atoms with Crippen LogP contribution in [0.1, 0.15) is 48.3 Å². The SMILES string of the molecule is CNc1nc([C@H]2CCCN(C(=O)Cc3cccc(OC)c3)C2)nc2c1CN(C(C)=O)CC2. The Kier molecular flexibility index (Phi) is 6.58. The Balaban J connectivity index is 1.49. The van der Waals surface area contributed by atoms with Gasteiger partial charge in [0.1, 0.15) is 17.4 Å². The molecule has 0 radical (unpaired) electrons. The number of carbonyl (C=O) groups excluding carboxylic acids is 2. The third kappa shape index (κ3) is 4.69. The predicted molar refractivity (Wildman–Crippen MR) is 122 cm³/mol. The largest absolute Gasteiger partial charge is 0.497 e. The minimum absolute atomic E-state index is 0.0688. The highest BCUT2D eigenvalue weighted by molar-refractivity contribution is 5.79. The zero-order chi connectivity index (χ0) is 22.7. The fourth-order valence-corrected chi connectivity index (χ4v) is 4.57. The number of ether oxygens (including phenoxy) is 1. The Labute approximate surface area is 189 Å². The van der Waals surface area contributed by atoms with E-state index in [-0.39, 0.29) is 17.7 Å². The number of methoxy groups -OCH3 is 1. The van der Waals surface area contributed by atoms with Crippen LogP contribution < -0.4 is 10.1 Å². The van der Waals surface area contributed by atoms with Crippen LogP contribution >= 0.6 is 0 Å². The summed E-state index contributed by atoms with van der Waals surface area (Å²) in [6.07, 6.45) is 2.98. The first-order chi connectivity index (χ1) is 15.5. The van der Waals surface area contributed by atoms with E-state index < -0.39 is 0 Å². The van der Waals surface area contributed by atoms with Gasteiger partial charge in [0.15, 0.2) is 0 Å². The number of nitrogens with zero attached hydrogens (tertiary/aromatic N) is 4. The van der Waals surface area contributed by atoms with Gasteiger partial charge in [-0.25, -0.2) is 9.97 Å². The first-order valence-electron chi connectivity index (χ1n) is 11.2. The van der Waals surface area contributed by atoms with E-state index in [0.29, 0.717) is 26.1 Å². The second-order valence-electron chi connectivity index (χ2n) is 8.50. The lowest BCUT2D eigenvalue weighted by atomic mass is 9.95. The van der Waals surface area contributed by atoms with Gasteiger partial charge in [-0.05, 0) is 30.5 Å². The number of likely N-dealkylation sites (tertiary alicyclic amines) is 1. The van der Waals surface area contributed by atoms with E-state index in [0.717, 1.165) is 60.0 Å². The number of amides is 2. The summed E-state index contributed by atoms with van der Waals surface area (Å²) in [6, 6.07) is 7.66. The summed E-state index contributed by atoms with van der Waals surface area (Å²) < 4.78 is 5.27. The fourth-order valence-electron chi connectivity index (χ4n) is 4.57. The first kappa shape index (κ1) is 22.0. The van der Waals surface area contributed by atoms with Crippen LogP contribution in [0.2, 0.25) is 0 Å². The first-order valence-corrected chi connectivity index (χ1v) is 11.2. The van der Waals surface area contributed by atoms with E-state index in [1.165, 1.54) is 0 Å². The van der Waals surface area contributed by atoms with Crippen molar-refractivity contribution < 1.29 is 14.3 Å². The van der Waals surface area contributed by atoms with Crippen molar-refractivity contribution in [3.8, 4) is 5.75 Å². The summed E-state index contributed by atoms with van der Waals surface area (Å²) in [5.74, 6) is 2.64. The average molecular weight is 438 g/mol. The summed E-state index contributed by atoms with van der Waals surface area (Å²) >= 11 is 0. The summed E-state index contributed by atoms with van der Waals surface area (Å²) in [7, 11) is 3.48. The standard InChI is InChI=1S/C24H31N5O3/c1-16(30)28-11-9-21-20(15-28)24(25-2)27-23(26-21)18-7-5-10-29(14-18)22(31)13-17-6-4-8-19(12-17)32-3/h4,6,8,12,18H,5,7,9-11,13-15H2,1-3H3,(H,25,26,27)/t18-/m0/s1. The molecule has 1 atom stereocenters. The summed E-state index contributed by atoms with van der Waals surface area (Å²) in [5.41, 5.74) is 2.96. The van der Waals surface area contributed by atoms with Crippen molar-refractivity contribution in [2.24, 2.45) is 0 Å². The zero-order valence-electron chi connectivity index (χ0n) is 19.1. The number of rotatable bonds is 5. The third-order valence-corrected chi connectivity index (χ3v) is 6.39. The van der Waals surface area contributed by atoms with E-state index in [2.05, 4.69) is 5.32 Å². The van der Waals surface area contributed by atoms with E-state index in [9.17, 15) is 9.59 Å². The molecule has 8 nitrogen and oxygen atoms in total. The van der Waals surface area contributed by atoms with Gasteiger partial charge in [0.25, 0.3) is 0 Å². The van der Waals surface area contributed by atoms with Gasteiger partial charge >= 0.3 is 0 Å². The Morgan fingerprint density at radius 3 is 2.81 bits per heavy atom. The molecule has 32 heavy (non-hydrogen) atoms. The maximum Gasteiger partial charge on any atom is 0.227 e. The molecule has 4 rings (SSSR count). The van der Waals surface area contributed by atoms with Crippen LogP contribution in [0.3, 0.4) is 0 Å². The van der Waals surface area contributed by atoms with Crippen molar-refractivity contribution in [3.63, 3.8) is 0 Å². The second-order valence-corrected chi connectivity index (χ2v) is 8.50. The number of carbonyl (C=O) groups is 2.